The molecule has 1 aromatic rings. The van der Waals surface area contributed by atoms with Crippen molar-refractivity contribution in [3.8, 4) is 0 Å². The molecule has 1 atom stereocenters. The number of nitrogens with one attached hydrogen (secondary N) is 2. The van der Waals surface area contributed by atoms with Crippen molar-refractivity contribution in [3.63, 3.8) is 0 Å². The van der Waals surface area contributed by atoms with Crippen LogP contribution in [0.5, 0.6) is 0 Å². The first-order valence-corrected chi connectivity index (χ1v) is 8.12. The minimum Gasteiger partial charge on any atom is -0.505 e. The van der Waals surface area contributed by atoms with Gasteiger partial charge in [-0.15, -0.1) is 0 Å². The van der Waals surface area contributed by atoms with Gasteiger partial charge in [-0.05, 0) is 37.3 Å². The number of hydrazine groups is 1. The number of hydrogen-bond acceptors (Lipinski definition) is 5. The molecule has 3 heterocycles. The number of aromatic nitrogens is 1. The summed E-state index contributed by atoms with van der Waals surface area (Å²) in [6.07, 6.45) is 11.9. The molecule has 0 saturated carbocycles. The van der Waals surface area contributed by atoms with Crippen LogP contribution in [0.2, 0.25) is 0 Å². The number of aromatic amines is 1. The van der Waals surface area contributed by atoms with Gasteiger partial charge in [0.25, 0.3) is 0 Å². The average molecular weight is 303 g/mol. The number of rotatable bonds is 6. The predicted octanol–water partition coefficient (Wildman–Crippen LogP) is 1.66. The van der Waals surface area contributed by atoms with Gasteiger partial charge in [-0.1, -0.05) is 0 Å². The molecule has 3 N–H and O–H groups in total. The summed E-state index contributed by atoms with van der Waals surface area (Å²) in [7, 11) is 0. The van der Waals surface area contributed by atoms with E-state index >= 15 is 0 Å². The van der Waals surface area contributed by atoms with Crippen molar-refractivity contribution in [3.05, 3.63) is 36.0 Å². The number of aliphatic imine (C=N–C) groups is 1. The summed E-state index contributed by atoms with van der Waals surface area (Å²) in [6, 6.07) is 2.13. The number of nitrogens with zero attached hydrogens (tertiary/aromatic N) is 3. The van der Waals surface area contributed by atoms with Crippen LogP contribution in [0.1, 0.15) is 24.8 Å². The van der Waals surface area contributed by atoms with E-state index in [9.17, 15) is 5.11 Å². The highest BCUT2D eigenvalue weighted by molar-refractivity contribution is 5.76. The molecule has 0 aromatic carbocycles. The maximum absolute atomic E-state index is 9.75. The molecular formula is C16H25N5O. The molecule has 3 rings (SSSR count). The molecule has 1 fully saturated rings. The SMILES string of the molecule is OC1=CN(N2CCNCC2)C(CCCCc2cc[nH]c2)N=C1. The van der Waals surface area contributed by atoms with E-state index in [1.54, 1.807) is 6.21 Å². The molecule has 6 heteroatoms. The van der Waals surface area contributed by atoms with E-state index in [4.69, 9.17) is 0 Å². The molecule has 0 amide bonds. The van der Waals surface area contributed by atoms with Crippen LogP contribution in [-0.2, 0) is 6.42 Å². The van der Waals surface area contributed by atoms with E-state index in [0.717, 1.165) is 51.9 Å². The highest BCUT2D eigenvalue weighted by atomic mass is 16.3. The Hall–Kier alpha value is -1.79. The van der Waals surface area contributed by atoms with Gasteiger partial charge in [0, 0.05) is 38.6 Å². The summed E-state index contributed by atoms with van der Waals surface area (Å²) in [5.41, 5.74) is 1.36. The lowest BCUT2D eigenvalue weighted by molar-refractivity contribution is -0.0292. The zero-order valence-electron chi connectivity index (χ0n) is 12.9. The van der Waals surface area contributed by atoms with Crippen molar-refractivity contribution in [2.24, 2.45) is 4.99 Å². The van der Waals surface area contributed by atoms with Gasteiger partial charge in [0.05, 0.1) is 12.4 Å². The van der Waals surface area contributed by atoms with Crippen LogP contribution in [0.3, 0.4) is 0 Å². The highest BCUT2D eigenvalue weighted by Gasteiger charge is 2.25. The molecule has 120 valence electrons. The standard InChI is InChI=1S/C16H25N5O/c22-15-12-19-16(4-2-1-3-14-5-6-18-11-14)21(13-15)20-9-7-17-8-10-20/h5-6,11-13,16-18,22H,1-4,7-10H2. The van der Waals surface area contributed by atoms with Crippen LogP contribution in [0, 0.1) is 0 Å². The number of hydrogen-bond donors (Lipinski definition) is 3. The maximum atomic E-state index is 9.75. The molecule has 0 radical (unpaired) electrons. The van der Waals surface area contributed by atoms with E-state index in [1.165, 1.54) is 5.56 Å². The lowest BCUT2D eigenvalue weighted by Crippen LogP contribution is -2.54. The molecule has 2 aliphatic rings. The molecule has 2 aliphatic heterocycles. The molecule has 6 nitrogen and oxygen atoms in total. The Morgan fingerprint density at radius 2 is 2.14 bits per heavy atom. The largest absolute Gasteiger partial charge is 0.505 e. The van der Waals surface area contributed by atoms with Gasteiger partial charge in [0.1, 0.15) is 6.17 Å². The summed E-state index contributed by atoms with van der Waals surface area (Å²) in [4.78, 5) is 7.61. The van der Waals surface area contributed by atoms with Crippen molar-refractivity contribution >= 4 is 6.21 Å². The van der Waals surface area contributed by atoms with Crippen molar-refractivity contribution in [2.45, 2.75) is 31.8 Å². The summed E-state index contributed by atoms with van der Waals surface area (Å²) in [5, 5.41) is 17.5. The third-order valence-corrected chi connectivity index (χ3v) is 4.21. The van der Waals surface area contributed by atoms with Gasteiger partial charge in [-0.3, -0.25) is 10.0 Å². The van der Waals surface area contributed by atoms with Crippen LogP contribution >= 0.6 is 0 Å². The highest BCUT2D eigenvalue weighted by Crippen LogP contribution is 2.19. The smallest absolute Gasteiger partial charge is 0.150 e. The quantitative estimate of drug-likeness (QED) is 0.699. The fourth-order valence-electron chi connectivity index (χ4n) is 3.02. The molecule has 1 unspecified atom stereocenters. The van der Waals surface area contributed by atoms with Crippen molar-refractivity contribution < 1.29 is 5.11 Å². The summed E-state index contributed by atoms with van der Waals surface area (Å²) in [6.45, 7) is 3.88. The van der Waals surface area contributed by atoms with Gasteiger partial charge in [-0.25, -0.2) is 5.01 Å². The average Bonchev–Trinajstić information content (AvgIpc) is 3.07. The number of piperazine rings is 1. The third kappa shape index (κ3) is 3.90. The molecule has 22 heavy (non-hydrogen) atoms. The van der Waals surface area contributed by atoms with Crippen LogP contribution in [-0.4, -0.2) is 58.7 Å². The van der Waals surface area contributed by atoms with E-state index in [2.05, 4.69) is 37.6 Å². The van der Waals surface area contributed by atoms with Crippen molar-refractivity contribution in [2.75, 3.05) is 26.2 Å². The Morgan fingerprint density at radius 3 is 2.91 bits per heavy atom. The molecule has 0 spiro atoms. The molecule has 0 aliphatic carbocycles. The first-order valence-electron chi connectivity index (χ1n) is 8.12. The molecular weight excluding hydrogens is 278 g/mol. The Kier molecular flexibility index (Phi) is 5.13. The normalized spacial score (nSPS) is 22.8. The third-order valence-electron chi connectivity index (χ3n) is 4.21. The second-order valence-corrected chi connectivity index (χ2v) is 5.86. The fraction of sp³-hybridized carbons (Fsp3) is 0.562. The fourth-order valence-corrected chi connectivity index (χ4v) is 3.02. The van der Waals surface area contributed by atoms with Crippen LogP contribution in [0.25, 0.3) is 0 Å². The van der Waals surface area contributed by atoms with Gasteiger partial charge in [0.15, 0.2) is 5.76 Å². The number of H-pyrrole nitrogens is 1. The van der Waals surface area contributed by atoms with Gasteiger partial charge < -0.3 is 15.4 Å². The first kappa shape index (κ1) is 15.1. The number of aryl methyl sites for hydroxylation is 1. The minimum absolute atomic E-state index is 0.111. The van der Waals surface area contributed by atoms with E-state index < -0.39 is 0 Å². The topological polar surface area (TPSA) is 66.9 Å². The minimum atomic E-state index is 0.111. The Balaban J connectivity index is 1.50. The van der Waals surface area contributed by atoms with Gasteiger partial charge in [-0.2, -0.15) is 0 Å². The zero-order chi connectivity index (χ0) is 15.2. The monoisotopic (exact) mass is 303 g/mol. The molecule has 1 saturated heterocycles. The summed E-state index contributed by atoms with van der Waals surface area (Å²) >= 11 is 0. The first-order chi connectivity index (χ1) is 10.8. The van der Waals surface area contributed by atoms with Crippen LogP contribution in [0.15, 0.2) is 35.4 Å². The Morgan fingerprint density at radius 1 is 1.27 bits per heavy atom. The molecule has 1 aromatic heterocycles. The predicted molar refractivity (Wildman–Crippen MR) is 87.6 cm³/mol. The van der Waals surface area contributed by atoms with Crippen LogP contribution < -0.4 is 5.32 Å². The second-order valence-electron chi connectivity index (χ2n) is 5.86. The number of aliphatic hydroxyl groups is 1. The maximum Gasteiger partial charge on any atom is 0.150 e. The molecule has 0 bridgehead atoms. The van der Waals surface area contributed by atoms with Gasteiger partial charge >= 0.3 is 0 Å². The number of allylic oxidation sites excluding steroid dienone is 1. The van der Waals surface area contributed by atoms with E-state index in [1.807, 2.05) is 12.4 Å². The van der Waals surface area contributed by atoms with E-state index in [0.29, 0.717) is 0 Å². The zero-order valence-corrected chi connectivity index (χ0v) is 12.9. The Labute approximate surface area is 131 Å². The van der Waals surface area contributed by atoms with Gasteiger partial charge in [0.2, 0.25) is 0 Å². The second kappa shape index (κ2) is 7.47. The Bertz CT molecular complexity index is 505. The number of unbranched alkanes of at least 4 members (excludes halogenated alkanes) is 1. The lowest BCUT2D eigenvalue weighted by atomic mass is 10.1. The number of aliphatic hydroxyl groups excluding tert-OH is 1. The lowest BCUT2D eigenvalue weighted by Gasteiger charge is -2.41. The van der Waals surface area contributed by atoms with Crippen LogP contribution in [0.4, 0.5) is 0 Å². The van der Waals surface area contributed by atoms with Crippen molar-refractivity contribution in [1.82, 2.24) is 20.3 Å². The van der Waals surface area contributed by atoms with Crippen molar-refractivity contribution in [1.29, 1.82) is 0 Å². The summed E-state index contributed by atoms with van der Waals surface area (Å²) in [5.74, 6) is 0.238. The summed E-state index contributed by atoms with van der Waals surface area (Å²) < 4.78 is 0. The van der Waals surface area contributed by atoms with E-state index in [-0.39, 0.29) is 11.9 Å².